The molecular formula is C10H14N2O2S. The minimum atomic E-state index is -0.748. The molecular weight excluding hydrogens is 212 g/mol. The summed E-state index contributed by atoms with van der Waals surface area (Å²) in [5.74, 6) is 1.16. The fourth-order valence-corrected chi connectivity index (χ4v) is 2.25. The summed E-state index contributed by atoms with van der Waals surface area (Å²) in [6, 6.07) is 0.517. The van der Waals surface area contributed by atoms with Crippen molar-refractivity contribution in [3.05, 3.63) is 18.0 Å². The maximum absolute atomic E-state index is 10.7. The zero-order valence-electron chi connectivity index (χ0n) is 8.59. The van der Waals surface area contributed by atoms with Gasteiger partial charge in [0.25, 0.3) is 0 Å². The third-order valence-corrected chi connectivity index (χ3v) is 3.85. The van der Waals surface area contributed by atoms with Crippen LogP contribution in [0.3, 0.4) is 0 Å². The molecule has 0 bridgehead atoms. The van der Waals surface area contributed by atoms with Gasteiger partial charge in [-0.05, 0) is 12.0 Å². The third-order valence-electron chi connectivity index (χ3n) is 2.61. The lowest BCUT2D eigenvalue weighted by Crippen LogP contribution is -2.23. The number of hydrogen-bond donors (Lipinski definition) is 1. The van der Waals surface area contributed by atoms with E-state index in [4.69, 9.17) is 5.11 Å². The highest BCUT2D eigenvalue weighted by Crippen LogP contribution is 2.28. The van der Waals surface area contributed by atoms with Gasteiger partial charge in [0.15, 0.2) is 0 Å². The first-order valence-electron chi connectivity index (χ1n) is 5.00. The Morgan fingerprint density at radius 2 is 2.53 bits per heavy atom. The number of carbonyl (C=O) groups is 1. The van der Waals surface area contributed by atoms with Crippen molar-refractivity contribution in [1.29, 1.82) is 0 Å². The van der Waals surface area contributed by atoms with Gasteiger partial charge in [0.05, 0.1) is 18.2 Å². The molecule has 1 aromatic rings. The summed E-state index contributed by atoms with van der Waals surface area (Å²) >= 11 is 1.91. The van der Waals surface area contributed by atoms with Crippen LogP contribution in [0.4, 0.5) is 0 Å². The Labute approximate surface area is 92.7 Å². The molecule has 15 heavy (non-hydrogen) atoms. The van der Waals surface area contributed by atoms with E-state index in [1.165, 1.54) is 0 Å². The van der Waals surface area contributed by atoms with Crippen LogP contribution in [0.5, 0.6) is 0 Å². The van der Waals surface area contributed by atoms with Crippen molar-refractivity contribution < 1.29 is 9.90 Å². The number of aliphatic carboxylic acids is 1. The minimum absolute atomic E-state index is 0.335. The lowest BCUT2D eigenvalue weighted by molar-refractivity contribution is -0.141. The summed E-state index contributed by atoms with van der Waals surface area (Å²) in [6.45, 7) is 1.72. The van der Waals surface area contributed by atoms with Gasteiger partial charge < -0.3 is 5.11 Å². The molecule has 82 valence electrons. The molecule has 0 spiro atoms. The number of hydrogen-bond acceptors (Lipinski definition) is 3. The van der Waals surface area contributed by atoms with Crippen LogP contribution in [0.15, 0.2) is 12.4 Å². The molecule has 0 saturated carbocycles. The fraction of sp³-hybridized carbons (Fsp3) is 0.600. The van der Waals surface area contributed by atoms with E-state index in [2.05, 4.69) is 5.10 Å². The Morgan fingerprint density at radius 1 is 1.80 bits per heavy atom. The molecule has 2 rings (SSSR count). The SMILES string of the molecule is CC(Cc1cnn(C2CSC2)c1)C(=O)O. The van der Waals surface area contributed by atoms with Crippen LogP contribution in [0, 0.1) is 5.92 Å². The average molecular weight is 226 g/mol. The van der Waals surface area contributed by atoms with E-state index in [0.717, 1.165) is 17.1 Å². The number of nitrogens with zero attached hydrogens (tertiary/aromatic N) is 2. The normalized spacial score (nSPS) is 18.5. The highest BCUT2D eigenvalue weighted by atomic mass is 32.2. The molecule has 0 aliphatic carbocycles. The molecule has 1 aromatic heterocycles. The molecule has 1 saturated heterocycles. The maximum Gasteiger partial charge on any atom is 0.306 e. The van der Waals surface area contributed by atoms with Gasteiger partial charge >= 0.3 is 5.97 Å². The second-order valence-corrected chi connectivity index (χ2v) is 5.04. The van der Waals surface area contributed by atoms with Gasteiger partial charge in [-0.3, -0.25) is 9.48 Å². The first-order valence-corrected chi connectivity index (χ1v) is 6.16. The van der Waals surface area contributed by atoms with E-state index in [1.807, 2.05) is 22.6 Å². The summed E-state index contributed by atoms with van der Waals surface area (Å²) in [4.78, 5) is 10.7. The quantitative estimate of drug-likeness (QED) is 0.844. The van der Waals surface area contributed by atoms with Crippen molar-refractivity contribution in [3.8, 4) is 0 Å². The van der Waals surface area contributed by atoms with Crippen molar-refractivity contribution in [2.75, 3.05) is 11.5 Å². The topological polar surface area (TPSA) is 55.1 Å². The summed E-state index contributed by atoms with van der Waals surface area (Å²) in [5, 5.41) is 13.0. The van der Waals surface area contributed by atoms with E-state index < -0.39 is 5.97 Å². The zero-order chi connectivity index (χ0) is 10.8. The van der Waals surface area contributed by atoms with Crippen molar-refractivity contribution in [3.63, 3.8) is 0 Å². The molecule has 1 unspecified atom stereocenters. The summed E-state index contributed by atoms with van der Waals surface area (Å²) in [7, 11) is 0. The van der Waals surface area contributed by atoms with Crippen LogP contribution >= 0.6 is 11.8 Å². The summed E-state index contributed by atoms with van der Waals surface area (Å²) < 4.78 is 1.96. The number of rotatable bonds is 4. The first-order chi connectivity index (χ1) is 7.16. The van der Waals surface area contributed by atoms with Gasteiger partial charge in [-0.25, -0.2) is 0 Å². The van der Waals surface area contributed by atoms with Crippen molar-refractivity contribution in [2.24, 2.45) is 5.92 Å². The largest absolute Gasteiger partial charge is 0.481 e. The summed E-state index contributed by atoms with van der Waals surface area (Å²) in [6.07, 6.45) is 4.32. The number of carboxylic acids is 1. The van der Waals surface area contributed by atoms with Crippen LogP contribution in [0.2, 0.25) is 0 Å². The van der Waals surface area contributed by atoms with Crippen molar-refractivity contribution in [2.45, 2.75) is 19.4 Å². The molecule has 1 fully saturated rings. The van der Waals surface area contributed by atoms with Crippen LogP contribution in [-0.2, 0) is 11.2 Å². The molecule has 0 aromatic carbocycles. The molecule has 2 heterocycles. The molecule has 1 aliphatic heterocycles. The van der Waals surface area contributed by atoms with Crippen molar-refractivity contribution >= 4 is 17.7 Å². The molecule has 1 aliphatic rings. The van der Waals surface area contributed by atoms with Crippen LogP contribution in [-0.4, -0.2) is 32.4 Å². The fourth-order valence-electron chi connectivity index (χ4n) is 1.50. The predicted octanol–water partition coefficient (Wildman–Crippen LogP) is 1.43. The lowest BCUT2D eigenvalue weighted by atomic mass is 10.0. The highest BCUT2D eigenvalue weighted by molar-refractivity contribution is 8.00. The molecule has 0 radical (unpaired) electrons. The van der Waals surface area contributed by atoms with Gasteiger partial charge in [-0.15, -0.1) is 0 Å². The molecule has 1 N–H and O–H groups in total. The Hall–Kier alpha value is -0.970. The highest BCUT2D eigenvalue weighted by Gasteiger charge is 2.21. The Bertz CT molecular complexity index is 360. The Balaban J connectivity index is 1.97. The van der Waals surface area contributed by atoms with Gasteiger partial charge in [0.2, 0.25) is 0 Å². The molecule has 1 atom stereocenters. The lowest BCUT2D eigenvalue weighted by Gasteiger charge is -2.24. The van der Waals surface area contributed by atoms with Crippen LogP contribution < -0.4 is 0 Å². The minimum Gasteiger partial charge on any atom is -0.481 e. The standard InChI is InChI=1S/C10H14N2O2S/c1-7(10(13)14)2-8-3-11-12(4-8)9-5-15-6-9/h3-4,7,9H,2,5-6H2,1H3,(H,13,14). The Morgan fingerprint density at radius 3 is 3.07 bits per heavy atom. The van der Waals surface area contributed by atoms with Gasteiger partial charge in [0, 0.05) is 17.7 Å². The second-order valence-electron chi connectivity index (χ2n) is 3.96. The van der Waals surface area contributed by atoms with E-state index in [0.29, 0.717) is 12.5 Å². The van der Waals surface area contributed by atoms with Gasteiger partial charge in [-0.2, -0.15) is 16.9 Å². The first kappa shape index (κ1) is 10.5. The third kappa shape index (κ3) is 2.34. The number of carboxylic acid groups (broad SMARTS) is 1. The van der Waals surface area contributed by atoms with E-state index in [-0.39, 0.29) is 5.92 Å². The second kappa shape index (κ2) is 4.26. The Kier molecular flexibility index (Phi) is 3.00. The molecule has 4 nitrogen and oxygen atoms in total. The van der Waals surface area contributed by atoms with E-state index >= 15 is 0 Å². The smallest absolute Gasteiger partial charge is 0.306 e. The van der Waals surface area contributed by atoms with Crippen LogP contribution in [0.25, 0.3) is 0 Å². The monoisotopic (exact) mass is 226 g/mol. The average Bonchev–Trinajstić information content (AvgIpc) is 2.49. The van der Waals surface area contributed by atoms with E-state index in [1.54, 1.807) is 13.1 Å². The van der Waals surface area contributed by atoms with E-state index in [9.17, 15) is 4.79 Å². The molecule has 5 heteroatoms. The molecule has 0 amide bonds. The van der Waals surface area contributed by atoms with Gasteiger partial charge in [-0.1, -0.05) is 6.92 Å². The summed E-state index contributed by atoms with van der Waals surface area (Å²) in [5.41, 5.74) is 1.02. The predicted molar refractivity (Wildman–Crippen MR) is 59.1 cm³/mol. The number of thioether (sulfide) groups is 1. The maximum atomic E-state index is 10.7. The van der Waals surface area contributed by atoms with Crippen molar-refractivity contribution in [1.82, 2.24) is 9.78 Å². The van der Waals surface area contributed by atoms with Gasteiger partial charge in [0.1, 0.15) is 0 Å². The number of aromatic nitrogens is 2. The van der Waals surface area contributed by atoms with Crippen LogP contribution in [0.1, 0.15) is 18.5 Å². The zero-order valence-corrected chi connectivity index (χ0v) is 9.41.